The number of carbonyl (C=O) groups excluding carboxylic acids is 1. The minimum Gasteiger partial charge on any atom is -0.336 e. The normalized spacial score (nSPS) is 10.4. The van der Waals surface area contributed by atoms with E-state index in [1.54, 1.807) is 60.6 Å². The molecule has 3 nitrogen and oxygen atoms in total. The summed E-state index contributed by atoms with van der Waals surface area (Å²) < 4.78 is 14.0. The van der Waals surface area contributed by atoms with Gasteiger partial charge in [0.2, 0.25) is 0 Å². The predicted molar refractivity (Wildman–Crippen MR) is 91.9 cm³/mol. The fourth-order valence-corrected chi connectivity index (χ4v) is 2.54. The van der Waals surface area contributed by atoms with Crippen LogP contribution in [0.15, 0.2) is 72.9 Å². The highest BCUT2D eigenvalue weighted by molar-refractivity contribution is 5.95. The number of hydrogen-bond acceptors (Lipinski definition) is 2. The fourth-order valence-electron chi connectivity index (χ4n) is 2.54. The Morgan fingerprint density at radius 1 is 1.04 bits per heavy atom. The van der Waals surface area contributed by atoms with Crippen molar-refractivity contribution >= 4 is 5.91 Å². The molecule has 0 aliphatic heterocycles. The molecule has 0 saturated heterocycles. The second-order valence-corrected chi connectivity index (χ2v) is 5.54. The van der Waals surface area contributed by atoms with Gasteiger partial charge in [-0.2, -0.15) is 0 Å². The average molecular weight is 320 g/mol. The van der Waals surface area contributed by atoms with Crippen LogP contribution in [0.1, 0.15) is 16.1 Å². The van der Waals surface area contributed by atoms with Crippen molar-refractivity contribution in [2.45, 2.75) is 6.54 Å². The van der Waals surface area contributed by atoms with Crippen LogP contribution < -0.4 is 0 Å². The highest BCUT2D eigenvalue weighted by atomic mass is 19.1. The lowest BCUT2D eigenvalue weighted by Gasteiger charge is -2.17. The molecule has 24 heavy (non-hydrogen) atoms. The second kappa shape index (κ2) is 7.04. The van der Waals surface area contributed by atoms with Crippen molar-refractivity contribution < 1.29 is 9.18 Å². The number of benzene rings is 2. The summed E-state index contributed by atoms with van der Waals surface area (Å²) in [5, 5.41) is 0. The molecular weight excluding hydrogens is 303 g/mol. The topological polar surface area (TPSA) is 33.2 Å². The van der Waals surface area contributed by atoms with E-state index in [0.29, 0.717) is 23.2 Å². The van der Waals surface area contributed by atoms with Crippen LogP contribution in [0.4, 0.5) is 4.39 Å². The Hall–Kier alpha value is -3.01. The first-order valence-corrected chi connectivity index (χ1v) is 7.65. The van der Waals surface area contributed by atoms with Crippen LogP contribution in [-0.2, 0) is 6.54 Å². The van der Waals surface area contributed by atoms with Gasteiger partial charge in [-0.1, -0.05) is 36.4 Å². The molecule has 0 atom stereocenters. The summed E-state index contributed by atoms with van der Waals surface area (Å²) in [6.45, 7) is 0.420. The molecule has 0 fully saturated rings. The Labute approximate surface area is 140 Å². The summed E-state index contributed by atoms with van der Waals surface area (Å²) in [6, 6.07) is 19.2. The molecule has 0 aliphatic rings. The summed E-state index contributed by atoms with van der Waals surface area (Å²) in [4.78, 5) is 18.4. The first-order valence-electron chi connectivity index (χ1n) is 7.65. The van der Waals surface area contributed by atoms with Crippen molar-refractivity contribution in [3.05, 3.63) is 90.0 Å². The molecule has 0 N–H and O–H groups in total. The van der Waals surface area contributed by atoms with Crippen molar-refractivity contribution in [3.63, 3.8) is 0 Å². The van der Waals surface area contributed by atoms with Gasteiger partial charge in [-0.05, 0) is 35.9 Å². The predicted octanol–water partition coefficient (Wildman–Crippen LogP) is 4.16. The van der Waals surface area contributed by atoms with Gasteiger partial charge in [0, 0.05) is 24.4 Å². The van der Waals surface area contributed by atoms with E-state index < -0.39 is 0 Å². The number of pyridine rings is 1. The van der Waals surface area contributed by atoms with E-state index in [1.807, 2.05) is 18.2 Å². The van der Waals surface area contributed by atoms with Crippen molar-refractivity contribution in [1.82, 2.24) is 9.88 Å². The van der Waals surface area contributed by atoms with Gasteiger partial charge in [-0.3, -0.25) is 9.78 Å². The Morgan fingerprint density at radius 3 is 2.58 bits per heavy atom. The van der Waals surface area contributed by atoms with Gasteiger partial charge in [0.15, 0.2) is 0 Å². The zero-order valence-corrected chi connectivity index (χ0v) is 13.3. The minimum atomic E-state index is -0.302. The summed E-state index contributed by atoms with van der Waals surface area (Å²) in [5.74, 6) is -0.428. The Bertz CT molecular complexity index is 849. The maximum Gasteiger partial charge on any atom is 0.253 e. The van der Waals surface area contributed by atoms with Gasteiger partial charge in [-0.25, -0.2) is 4.39 Å². The van der Waals surface area contributed by atoms with Crippen LogP contribution in [-0.4, -0.2) is 22.8 Å². The summed E-state index contributed by atoms with van der Waals surface area (Å²) in [7, 11) is 1.73. The second-order valence-electron chi connectivity index (χ2n) is 5.54. The van der Waals surface area contributed by atoms with Crippen molar-refractivity contribution in [1.29, 1.82) is 0 Å². The molecule has 3 rings (SSSR count). The van der Waals surface area contributed by atoms with Crippen molar-refractivity contribution in [3.8, 4) is 11.1 Å². The number of carbonyl (C=O) groups is 1. The van der Waals surface area contributed by atoms with E-state index in [2.05, 4.69) is 4.98 Å². The Balaban J connectivity index is 1.83. The third kappa shape index (κ3) is 3.49. The van der Waals surface area contributed by atoms with E-state index in [1.165, 1.54) is 6.07 Å². The molecule has 0 saturated carbocycles. The lowest BCUT2D eigenvalue weighted by Crippen LogP contribution is -2.26. The first-order chi connectivity index (χ1) is 11.6. The van der Waals surface area contributed by atoms with Gasteiger partial charge >= 0.3 is 0 Å². The van der Waals surface area contributed by atoms with Crippen LogP contribution in [0.5, 0.6) is 0 Å². The molecule has 2 aromatic carbocycles. The number of amides is 1. The third-order valence-electron chi connectivity index (χ3n) is 3.77. The zero-order chi connectivity index (χ0) is 16.9. The molecular formula is C20H17FN2O. The molecule has 0 unspecified atom stereocenters. The number of rotatable bonds is 4. The molecule has 0 spiro atoms. The number of hydrogen-bond donors (Lipinski definition) is 0. The van der Waals surface area contributed by atoms with Gasteiger partial charge in [0.1, 0.15) is 5.82 Å². The van der Waals surface area contributed by atoms with E-state index in [4.69, 9.17) is 0 Å². The lowest BCUT2D eigenvalue weighted by molar-refractivity contribution is 0.0783. The monoisotopic (exact) mass is 320 g/mol. The van der Waals surface area contributed by atoms with Gasteiger partial charge in [-0.15, -0.1) is 0 Å². The highest BCUT2D eigenvalue weighted by Gasteiger charge is 2.14. The zero-order valence-electron chi connectivity index (χ0n) is 13.3. The van der Waals surface area contributed by atoms with E-state index in [9.17, 15) is 9.18 Å². The van der Waals surface area contributed by atoms with Crippen LogP contribution in [0.3, 0.4) is 0 Å². The van der Waals surface area contributed by atoms with Gasteiger partial charge in [0.05, 0.1) is 12.2 Å². The molecule has 0 aliphatic carbocycles. The number of halogens is 1. The molecule has 1 heterocycles. The number of nitrogens with zero attached hydrogens (tertiary/aromatic N) is 2. The number of aromatic nitrogens is 1. The summed E-state index contributed by atoms with van der Waals surface area (Å²) in [5.41, 5.74) is 2.51. The van der Waals surface area contributed by atoms with E-state index in [-0.39, 0.29) is 11.7 Å². The van der Waals surface area contributed by atoms with Gasteiger partial charge < -0.3 is 4.90 Å². The standard InChI is InChI=1S/C20H17FN2O/c1-23(14-17-9-4-5-12-22-17)20(24)16-8-6-7-15(13-16)18-10-2-3-11-19(18)21/h2-13H,14H2,1H3. The molecule has 1 aromatic heterocycles. The van der Waals surface area contributed by atoms with Crippen molar-refractivity contribution in [2.24, 2.45) is 0 Å². The van der Waals surface area contributed by atoms with Crippen LogP contribution in [0.2, 0.25) is 0 Å². The van der Waals surface area contributed by atoms with Gasteiger partial charge in [0.25, 0.3) is 5.91 Å². The largest absolute Gasteiger partial charge is 0.336 e. The Morgan fingerprint density at radius 2 is 1.83 bits per heavy atom. The minimum absolute atomic E-state index is 0.126. The quantitative estimate of drug-likeness (QED) is 0.723. The summed E-state index contributed by atoms with van der Waals surface area (Å²) >= 11 is 0. The fraction of sp³-hybridized carbons (Fsp3) is 0.100. The highest BCUT2D eigenvalue weighted by Crippen LogP contribution is 2.23. The van der Waals surface area contributed by atoms with Crippen LogP contribution >= 0.6 is 0 Å². The Kier molecular flexibility index (Phi) is 4.66. The lowest BCUT2D eigenvalue weighted by atomic mass is 10.0. The maximum absolute atomic E-state index is 14.0. The molecule has 1 amide bonds. The van der Waals surface area contributed by atoms with Crippen molar-refractivity contribution in [2.75, 3.05) is 7.05 Å². The van der Waals surface area contributed by atoms with Crippen LogP contribution in [0, 0.1) is 5.82 Å². The van der Waals surface area contributed by atoms with E-state index in [0.717, 1.165) is 5.69 Å². The molecule has 0 bridgehead atoms. The molecule has 0 radical (unpaired) electrons. The smallest absolute Gasteiger partial charge is 0.253 e. The van der Waals surface area contributed by atoms with Crippen LogP contribution in [0.25, 0.3) is 11.1 Å². The molecule has 3 aromatic rings. The summed E-state index contributed by atoms with van der Waals surface area (Å²) in [6.07, 6.45) is 1.70. The third-order valence-corrected chi connectivity index (χ3v) is 3.77. The van der Waals surface area contributed by atoms with E-state index >= 15 is 0 Å². The average Bonchev–Trinajstić information content (AvgIpc) is 2.62. The first kappa shape index (κ1) is 15.9. The SMILES string of the molecule is CN(Cc1ccccn1)C(=O)c1cccc(-c2ccccc2F)c1. The maximum atomic E-state index is 14.0. The molecule has 4 heteroatoms. The molecule has 120 valence electrons.